The first-order valence-corrected chi connectivity index (χ1v) is 7.51. The Kier molecular flexibility index (Phi) is 4.15. The number of fused-ring (bicyclic) bond motifs is 1. The van der Waals surface area contributed by atoms with Crippen LogP contribution < -0.4 is 10.6 Å². The van der Waals surface area contributed by atoms with Gasteiger partial charge in [0.25, 0.3) is 0 Å². The number of carbonyl (C=O) groups excluding carboxylic acids is 1. The number of amides is 1. The average molecular weight is 313 g/mol. The van der Waals surface area contributed by atoms with Crippen molar-refractivity contribution in [1.29, 1.82) is 0 Å². The Morgan fingerprint density at radius 3 is 2.75 bits per heavy atom. The van der Waals surface area contributed by atoms with Crippen molar-refractivity contribution in [3.05, 3.63) is 16.7 Å². The van der Waals surface area contributed by atoms with Gasteiger partial charge in [0.2, 0.25) is 11.2 Å². The van der Waals surface area contributed by atoms with Gasteiger partial charge in [-0.15, -0.1) is 11.3 Å². The molecule has 0 saturated carbocycles. The molecule has 1 amide bonds. The van der Waals surface area contributed by atoms with Crippen LogP contribution in [-0.4, -0.2) is 27.5 Å². The van der Waals surface area contributed by atoms with Gasteiger partial charge in [-0.25, -0.2) is 9.97 Å². The zero-order chi connectivity index (χ0) is 14.9. The summed E-state index contributed by atoms with van der Waals surface area (Å²) < 4.78 is 0. The molecule has 2 N–H and O–H groups in total. The van der Waals surface area contributed by atoms with Crippen molar-refractivity contribution in [2.45, 2.75) is 39.3 Å². The van der Waals surface area contributed by atoms with Crippen molar-refractivity contribution in [3.8, 4) is 0 Å². The molecule has 0 fully saturated rings. The lowest BCUT2D eigenvalue weighted by atomic mass is 10.1. The van der Waals surface area contributed by atoms with Gasteiger partial charge >= 0.3 is 0 Å². The number of thiophene rings is 1. The topological polar surface area (TPSA) is 66.9 Å². The molecule has 0 saturated heterocycles. The smallest absolute Gasteiger partial charge is 0.242 e. The standard InChI is InChI=1S/C13H17ClN4OS/c1-7(10(19)18-13(2,3)4)15-9-8-5-6-20-11(8)17-12(14)16-9/h5-7H,1-4H3,(H,18,19)(H,15,16,17). The van der Waals surface area contributed by atoms with E-state index in [0.29, 0.717) is 5.82 Å². The van der Waals surface area contributed by atoms with Gasteiger partial charge in [-0.2, -0.15) is 0 Å². The minimum atomic E-state index is -0.414. The van der Waals surface area contributed by atoms with Gasteiger partial charge in [0.1, 0.15) is 16.7 Å². The number of aromatic nitrogens is 2. The molecule has 0 bridgehead atoms. The van der Waals surface area contributed by atoms with Crippen LogP contribution in [0.25, 0.3) is 10.2 Å². The molecular weight excluding hydrogens is 296 g/mol. The maximum atomic E-state index is 12.1. The molecule has 5 nitrogen and oxygen atoms in total. The molecule has 0 radical (unpaired) electrons. The molecule has 2 heterocycles. The summed E-state index contributed by atoms with van der Waals surface area (Å²) in [7, 11) is 0. The normalized spacial score (nSPS) is 13.2. The highest BCUT2D eigenvalue weighted by molar-refractivity contribution is 7.16. The van der Waals surface area contributed by atoms with E-state index in [1.807, 2.05) is 32.2 Å². The van der Waals surface area contributed by atoms with Crippen molar-refractivity contribution in [1.82, 2.24) is 15.3 Å². The third-order valence-electron chi connectivity index (χ3n) is 2.54. The third-order valence-corrected chi connectivity index (χ3v) is 3.52. The van der Waals surface area contributed by atoms with E-state index >= 15 is 0 Å². The largest absolute Gasteiger partial charge is 0.358 e. The van der Waals surface area contributed by atoms with E-state index in [0.717, 1.165) is 10.2 Å². The number of rotatable bonds is 3. The second kappa shape index (κ2) is 5.54. The van der Waals surface area contributed by atoms with E-state index in [-0.39, 0.29) is 16.7 Å². The number of carbonyl (C=O) groups is 1. The number of hydrogen-bond acceptors (Lipinski definition) is 5. The molecule has 7 heteroatoms. The molecule has 20 heavy (non-hydrogen) atoms. The predicted molar refractivity (Wildman–Crippen MR) is 83.4 cm³/mol. The summed E-state index contributed by atoms with van der Waals surface area (Å²) in [4.78, 5) is 21.2. The van der Waals surface area contributed by atoms with Crippen LogP contribution in [0, 0.1) is 0 Å². The molecule has 0 aliphatic carbocycles. The fraction of sp³-hybridized carbons (Fsp3) is 0.462. The Labute approximate surface area is 126 Å². The monoisotopic (exact) mass is 312 g/mol. The molecule has 108 valence electrons. The summed E-state index contributed by atoms with van der Waals surface area (Å²) in [6.45, 7) is 7.61. The second-order valence-electron chi connectivity index (χ2n) is 5.59. The first-order chi connectivity index (χ1) is 9.26. The van der Waals surface area contributed by atoms with Crippen LogP contribution in [0.3, 0.4) is 0 Å². The van der Waals surface area contributed by atoms with Crippen molar-refractivity contribution >= 4 is 44.9 Å². The van der Waals surface area contributed by atoms with Gasteiger partial charge in [-0.05, 0) is 50.7 Å². The van der Waals surface area contributed by atoms with Crippen LogP contribution in [0.15, 0.2) is 11.4 Å². The summed E-state index contributed by atoms with van der Waals surface area (Å²) >= 11 is 7.38. The van der Waals surface area contributed by atoms with Gasteiger partial charge in [0, 0.05) is 5.54 Å². The van der Waals surface area contributed by atoms with E-state index in [4.69, 9.17) is 11.6 Å². The molecule has 1 unspecified atom stereocenters. The quantitative estimate of drug-likeness (QED) is 0.855. The van der Waals surface area contributed by atoms with Crippen LogP contribution in [-0.2, 0) is 4.79 Å². The molecule has 0 aliphatic rings. The van der Waals surface area contributed by atoms with Gasteiger partial charge in [0.05, 0.1) is 5.39 Å². The molecule has 2 rings (SSSR count). The van der Waals surface area contributed by atoms with E-state index in [1.165, 1.54) is 11.3 Å². The lowest BCUT2D eigenvalue weighted by Crippen LogP contribution is -2.47. The van der Waals surface area contributed by atoms with Crippen molar-refractivity contribution in [3.63, 3.8) is 0 Å². The fourth-order valence-electron chi connectivity index (χ4n) is 1.69. The Bertz CT molecular complexity index is 635. The van der Waals surface area contributed by atoms with Crippen LogP contribution in [0.5, 0.6) is 0 Å². The van der Waals surface area contributed by atoms with E-state index < -0.39 is 6.04 Å². The average Bonchev–Trinajstić information content (AvgIpc) is 2.74. The first kappa shape index (κ1) is 15.0. The lowest BCUT2D eigenvalue weighted by Gasteiger charge is -2.24. The van der Waals surface area contributed by atoms with Crippen molar-refractivity contribution < 1.29 is 4.79 Å². The molecule has 2 aromatic heterocycles. The molecule has 1 atom stereocenters. The lowest BCUT2D eigenvalue weighted by molar-refractivity contribution is -0.122. The zero-order valence-electron chi connectivity index (χ0n) is 11.8. The fourth-order valence-corrected chi connectivity index (χ4v) is 2.67. The van der Waals surface area contributed by atoms with Crippen LogP contribution in [0.2, 0.25) is 5.28 Å². The zero-order valence-corrected chi connectivity index (χ0v) is 13.4. The Balaban J connectivity index is 2.19. The Hall–Kier alpha value is -1.40. The van der Waals surface area contributed by atoms with Gasteiger partial charge in [-0.3, -0.25) is 4.79 Å². The van der Waals surface area contributed by atoms with Crippen molar-refractivity contribution in [2.75, 3.05) is 5.32 Å². The predicted octanol–water partition coefficient (Wildman–Crippen LogP) is 3.06. The number of nitrogens with one attached hydrogen (secondary N) is 2. The van der Waals surface area contributed by atoms with Crippen LogP contribution in [0.4, 0.5) is 5.82 Å². The van der Waals surface area contributed by atoms with Crippen molar-refractivity contribution in [2.24, 2.45) is 0 Å². The Morgan fingerprint density at radius 1 is 1.40 bits per heavy atom. The molecule has 2 aromatic rings. The Morgan fingerprint density at radius 2 is 2.10 bits per heavy atom. The molecular formula is C13H17ClN4OS. The van der Waals surface area contributed by atoms with E-state index in [1.54, 1.807) is 6.92 Å². The highest BCUT2D eigenvalue weighted by Gasteiger charge is 2.20. The summed E-state index contributed by atoms with van der Waals surface area (Å²) in [6.07, 6.45) is 0. The summed E-state index contributed by atoms with van der Waals surface area (Å²) in [5.74, 6) is 0.494. The van der Waals surface area contributed by atoms with Gasteiger partial charge < -0.3 is 10.6 Å². The maximum absolute atomic E-state index is 12.1. The van der Waals surface area contributed by atoms with Crippen LogP contribution >= 0.6 is 22.9 Å². The molecule has 0 aliphatic heterocycles. The maximum Gasteiger partial charge on any atom is 0.242 e. The van der Waals surface area contributed by atoms with Gasteiger partial charge in [-0.1, -0.05) is 0 Å². The molecule has 0 aromatic carbocycles. The number of hydrogen-bond donors (Lipinski definition) is 2. The third kappa shape index (κ3) is 3.58. The minimum absolute atomic E-state index is 0.0874. The minimum Gasteiger partial charge on any atom is -0.358 e. The number of halogens is 1. The summed E-state index contributed by atoms with van der Waals surface area (Å²) in [5, 5.41) is 8.97. The van der Waals surface area contributed by atoms with Gasteiger partial charge in [0.15, 0.2) is 0 Å². The second-order valence-corrected chi connectivity index (χ2v) is 6.82. The highest BCUT2D eigenvalue weighted by Crippen LogP contribution is 2.26. The summed E-state index contributed by atoms with van der Waals surface area (Å²) in [6, 6.07) is 1.50. The highest BCUT2D eigenvalue weighted by atomic mass is 35.5. The number of nitrogens with zero attached hydrogens (tertiary/aromatic N) is 2. The summed E-state index contributed by atoms with van der Waals surface area (Å²) in [5.41, 5.74) is -0.270. The molecule has 0 spiro atoms. The first-order valence-electron chi connectivity index (χ1n) is 6.25. The SMILES string of the molecule is CC(Nc1nc(Cl)nc2sccc12)C(=O)NC(C)(C)C. The van der Waals surface area contributed by atoms with E-state index in [9.17, 15) is 4.79 Å². The van der Waals surface area contributed by atoms with Crippen LogP contribution in [0.1, 0.15) is 27.7 Å². The number of anilines is 1. The van der Waals surface area contributed by atoms with E-state index in [2.05, 4.69) is 20.6 Å².